The molecule has 0 spiro atoms. The van der Waals surface area contributed by atoms with Gasteiger partial charge in [-0.1, -0.05) is 25.1 Å². The van der Waals surface area contributed by atoms with Crippen LogP contribution in [0, 0.1) is 17.2 Å². The van der Waals surface area contributed by atoms with Crippen molar-refractivity contribution < 1.29 is 19.0 Å². The Balaban J connectivity index is 1.87. The zero-order valence-electron chi connectivity index (χ0n) is 18.5. The maximum absolute atomic E-state index is 12.7. The second-order valence-corrected chi connectivity index (χ2v) is 8.05. The summed E-state index contributed by atoms with van der Waals surface area (Å²) < 4.78 is 16.9. The summed E-state index contributed by atoms with van der Waals surface area (Å²) >= 11 is 0. The van der Waals surface area contributed by atoms with Crippen LogP contribution in [0.1, 0.15) is 45.1 Å². The first kappa shape index (κ1) is 22.7. The van der Waals surface area contributed by atoms with Gasteiger partial charge in [-0.3, -0.25) is 4.90 Å². The van der Waals surface area contributed by atoms with Gasteiger partial charge in [-0.25, -0.2) is 4.79 Å². The molecule has 2 heterocycles. The predicted molar refractivity (Wildman–Crippen MR) is 117 cm³/mol. The fourth-order valence-corrected chi connectivity index (χ4v) is 4.29. The zero-order valence-corrected chi connectivity index (χ0v) is 18.5. The Morgan fingerprint density at radius 3 is 2.87 bits per heavy atom. The third-order valence-corrected chi connectivity index (χ3v) is 5.74. The van der Waals surface area contributed by atoms with Crippen molar-refractivity contribution in [2.75, 3.05) is 32.8 Å². The van der Waals surface area contributed by atoms with Crippen LogP contribution in [0.4, 0.5) is 0 Å². The van der Waals surface area contributed by atoms with Crippen LogP contribution in [-0.2, 0) is 14.3 Å². The summed E-state index contributed by atoms with van der Waals surface area (Å²) in [5.74, 6) is 0.419. The lowest BCUT2D eigenvalue weighted by Crippen LogP contribution is -2.37. The summed E-state index contributed by atoms with van der Waals surface area (Å²) in [7, 11) is 0. The van der Waals surface area contributed by atoms with E-state index in [1.807, 2.05) is 24.3 Å². The Morgan fingerprint density at radius 1 is 1.39 bits per heavy atom. The van der Waals surface area contributed by atoms with Crippen molar-refractivity contribution in [3.05, 3.63) is 52.6 Å². The number of nitrogens with zero attached hydrogens (tertiary/aromatic N) is 2. The highest BCUT2D eigenvalue weighted by molar-refractivity contribution is 5.92. The maximum Gasteiger partial charge on any atom is 0.338 e. The van der Waals surface area contributed by atoms with Crippen molar-refractivity contribution in [1.29, 1.82) is 5.26 Å². The fourth-order valence-electron chi connectivity index (χ4n) is 4.29. The minimum atomic E-state index is -0.705. The molecule has 0 radical (unpaired) electrons. The van der Waals surface area contributed by atoms with Crippen molar-refractivity contribution in [1.82, 2.24) is 4.90 Å². The SMILES string of the molecule is CCOC(=O)C1=C(C)OC(N)=C(C#N)C1c1ccccc1OCCN1CCCC(C)C1. The number of likely N-dealkylation sites (tertiary alicyclic amines) is 1. The van der Waals surface area contributed by atoms with E-state index in [9.17, 15) is 10.1 Å². The highest BCUT2D eigenvalue weighted by Crippen LogP contribution is 2.42. The van der Waals surface area contributed by atoms with Gasteiger partial charge in [-0.2, -0.15) is 5.26 Å². The largest absolute Gasteiger partial charge is 0.492 e. The monoisotopic (exact) mass is 425 g/mol. The Labute approximate surface area is 184 Å². The molecule has 1 aromatic carbocycles. The molecular formula is C24H31N3O4. The van der Waals surface area contributed by atoms with Crippen molar-refractivity contribution in [3.8, 4) is 11.8 Å². The Kier molecular flexibility index (Phi) is 7.59. The summed E-state index contributed by atoms with van der Waals surface area (Å²) in [4.78, 5) is 15.2. The highest BCUT2D eigenvalue weighted by Gasteiger charge is 2.37. The van der Waals surface area contributed by atoms with Gasteiger partial charge >= 0.3 is 5.97 Å². The lowest BCUT2D eigenvalue weighted by atomic mass is 9.82. The number of esters is 1. The van der Waals surface area contributed by atoms with Gasteiger partial charge in [-0.15, -0.1) is 0 Å². The van der Waals surface area contributed by atoms with E-state index in [4.69, 9.17) is 19.9 Å². The van der Waals surface area contributed by atoms with Gasteiger partial charge in [0.25, 0.3) is 0 Å². The number of rotatable bonds is 7. The number of nitrogens with two attached hydrogens (primary N) is 1. The molecular weight excluding hydrogens is 394 g/mol. The molecule has 166 valence electrons. The topological polar surface area (TPSA) is 97.8 Å². The van der Waals surface area contributed by atoms with E-state index in [-0.39, 0.29) is 23.6 Å². The lowest BCUT2D eigenvalue weighted by Gasteiger charge is -2.31. The maximum atomic E-state index is 12.7. The number of piperidine rings is 1. The Morgan fingerprint density at radius 2 is 2.16 bits per heavy atom. The van der Waals surface area contributed by atoms with E-state index in [0.717, 1.165) is 19.6 Å². The molecule has 31 heavy (non-hydrogen) atoms. The van der Waals surface area contributed by atoms with Crippen LogP contribution in [-0.4, -0.2) is 43.7 Å². The normalized spacial score (nSPS) is 22.0. The number of para-hydroxylation sites is 1. The molecule has 7 heteroatoms. The van der Waals surface area contributed by atoms with Crippen LogP contribution < -0.4 is 10.5 Å². The van der Waals surface area contributed by atoms with Gasteiger partial charge in [0.1, 0.15) is 29.8 Å². The highest BCUT2D eigenvalue weighted by atomic mass is 16.5. The summed E-state index contributed by atoms with van der Waals surface area (Å²) in [5, 5.41) is 9.78. The second kappa shape index (κ2) is 10.4. The van der Waals surface area contributed by atoms with Gasteiger partial charge in [0.2, 0.25) is 5.88 Å². The van der Waals surface area contributed by atoms with Gasteiger partial charge < -0.3 is 19.9 Å². The Bertz CT molecular complexity index is 916. The van der Waals surface area contributed by atoms with Gasteiger partial charge in [0.05, 0.1) is 18.1 Å². The van der Waals surface area contributed by atoms with Crippen molar-refractivity contribution in [3.63, 3.8) is 0 Å². The molecule has 0 aliphatic carbocycles. The minimum absolute atomic E-state index is 0.00449. The molecule has 2 aliphatic heterocycles. The van der Waals surface area contributed by atoms with Crippen LogP contribution in [0.15, 0.2) is 47.1 Å². The number of ether oxygens (including phenoxy) is 3. The second-order valence-electron chi connectivity index (χ2n) is 8.05. The standard InChI is InChI=1S/C24H31N3O4/c1-4-29-24(28)21-17(3)31-23(26)19(14-25)22(21)18-9-5-6-10-20(18)30-13-12-27-11-7-8-16(2)15-27/h5-6,9-10,16,22H,4,7-8,11-13,15,26H2,1-3H3. The van der Waals surface area contributed by atoms with Gasteiger partial charge in [0.15, 0.2) is 0 Å². The number of carbonyl (C=O) groups is 1. The molecule has 2 atom stereocenters. The molecule has 0 amide bonds. The molecule has 2 aliphatic rings. The number of hydrogen-bond donors (Lipinski definition) is 1. The molecule has 1 aromatic rings. The van der Waals surface area contributed by atoms with Crippen LogP contribution in [0.2, 0.25) is 0 Å². The van der Waals surface area contributed by atoms with E-state index < -0.39 is 11.9 Å². The van der Waals surface area contributed by atoms with Crippen molar-refractivity contribution in [2.45, 2.75) is 39.5 Å². The van der Waals surface area contributed by atoms with E-state index in [2.05, 4.69) is 17.9 Å². The molecule has 7 nitrogen and oxygen atoms in total. The molecule has 0 saturated carbocycles. The quantitative estimate of drug-likeness (QED) is 0.668. The first-order valence-electron chi connectivity index (χ1n) is 10.9. The third kappa shape index (κ3) is 5.20. The number of benzene rings is 1. The first-order chi connectivity index (χ1) is 15.0. The average Bonchev–Trinajstić information content (AvgIpc) is 2.74. The van der Waals surface area contributed by atoms with Crippen LogP contribution in [0.25, 0.3) is 0 Å². The predicted octanol–water partition coefficient (Wildman–Crippen LogP) is 3.44. The number of hydrogen-bond acceptors (Lipinski definition) is 7. The van der Waals surface area contributed by atoms with E-state index in [1.54, 1.807) is 13.8 Å². The minimum Gasteiger partial charge on any atom is -0.492 e. The fraction of sp³-hybridized carbons (Fsp3) is 0.500. The molecule has 0 bridgehead atoms. The van der Waals surface area contributed by atoms with Crippen molar-refractivity contribution in [2.24, 2.45) is 11.7 Å². The first-order valence-corrected chi connectivity index (χ1v) is 10.9. The van der Waals surface area contributed by atoms with Crippen LogP contribution in [0.3, 0.4) is 0 Å². The molecule has 1 fully saturated rings. The summed E-state index contributed by atoms with van der Waals surface area (Å²) in [6, 6.07) is 9.55. The molecule has 0 aromatic heterocycles. The molecule has 2 unspecified atom stereocenters. The van der Waals surface area contributed by atoms with E-state index >= 15 is 0 Å². The van der Waals surface area contributed by atoms with Gasteiger partial charge in [-0.05, 0) is 45.2 Å². The summed E-state index contributed by atoms with van der Waals surface area (Å²) in [5.41, 5.74) is 7.15. The van der Waals surface area contributed by atoms with Crippen molar-refractivity contribution >= 4 is 5.97 Å². The summed E-state index contributed by atoms with van der Waals surface area (Å²) in [6.45, 7) is 9.40. The molecule has 3 rings (SSSR count). The smallest absolute Gasteiger partial charge is 0.338 e. The van der Waals surface area contributed by atoms with Crippen LogP contribution >= 0.6 is 0 Å². The average molecular weight is 426 g/mol. The Hall–Kier alpha value is -2.98. The number of allylic oxidation sites excluding steroid dienone is 2. The zero-order chi connectivity index (χ0) is 22.4. The molecule has 1 saturated heterocycles. The lowest BCUT2D eigenvalue weighted by molar-refractivity contribution is -0.139. The molecule has 2 N–H and O–H groups in total. The number of nitriles is 1. The summed E-state index contributed by atoms with van der Waals surface area (Å²) in [6.07, 6.45) is 2.49. The number of carbonyl (C=O) groups excluding carboxylic acids is 1. The van der Waals surface area contributed by atoms with Gasteiger partial charge in [0, 0.05) is 18.7 Å². The van der Waals surface area contributed by atoms with Crippen LogP contribution in [0.5, 0.6) is 5.75 Å². The van der Waals surface area contributed by atoms with E-state index in [1.165, 1.54) is 12.8 Å². The third-order valence-electron chi connectivity index (χ3n) is 5.74. The van der Waals surface area contributed by atoms with E-state index in [0.29, 0.717) is 29.6 Å².